The third-order valence-electron chi connectivity index (χ3n) is 3.62. The molecule has 108 valence electrons. The fourth-order valence-electron chi connectivity index (χ4n) is 2.29. The second kappa shape index (κ2) is 5.41. The second-order valence-corrected chi connectivity index (χ2v) is 6.59. The molecule has 2 aromatic rings. The lowest BCUT2D eigenvalue weighted by atomic mass is 9.86. The molecule has 1 aromatic heterocycles. The minimum Gasteiger partial charge on any atom is -0.382 e. The topological polar surface area (TPSA) is 38.0 Å². The van der Waals surface area contributed by atoms with Crippen molar-refractivity contribution in [2.24, 2.45) is 0 Å². The van der Waals surface area contributed by atoms with Crippen LogP contribution in [0.3, 0.4) is 0 Å². The number of rotatable bonds is 3. The molecule has 0 spiro atoms. The Morgan fingerprint density at radius 1 is 1.10 bits per heavy atom. The highest BCUT2D eigenvalue weighted by molar-refractivity contribution is 5.31. The Hall–Kier alpha value is -1.61. The van der Waals surface area contributed by atoms with Crippen LogP contribution < -0.4 is 0 Å². The predicted octanol–water partition coefficient (Wildman–Crippen LogP) is 3.84. The van der Waals surface area contributed by atoms with Gasteiger partial charge in [-0.25, -0.2) is 4.98 Å². The molecule has 0 fully saturated rings. The van der Waals surface area contributed by atoms with E-state index in [0.717, 1.165) is 11.3 Å². The number of hydrogen-bond acceptors (Lipinski definition) is 2. The summed E-state index contributed by atoms with van der Waals surface area (Å²) in [6, 6.07) is 8.48. The molecule has 0 aliphatic heterocycles. The SMILES string of the molecule is CC(C)n1cncc1C(O)c1ccc(C(C)(C)C)cc1. The van der Waals surface area contributed by atoms with Crippen molar-refractivity contribution in [3.8, 4) is 0 Å². The van der Waals surface area contributed by atoms with Crippen molar-refractivity contribution in [3.05, 3.63) is 53.6 Å². The van der Waals surface area contributed by atoms with Crippen molar-refractivity contribution < 1.29 is 5.11 Å². The van der Waals surface area contributed by atoms with Crippen LogP contribution >= 0.6 is 0 Å². The first-order chi connectivity index (χ1) is 9.30. The number of nitrogens with zero attached hydrogens (tertiary/aromatic N) is 2. The number of aliphatic hydroxyl groups excluding tert-OH is 1. The van der Waals surface area contributed by atoms with Crippen molar-refractivity contribution in [1.82, 2.24) is 9.55 Å². The molecule has 0 amide bonds. The quantitative estimate of drug-likeness (QED) is 0.921. The minimum atomic E-state index is -0.631. The van der Waals surface area contributed by atoms with Crippen LogP contribution in [-0.4, -0.2) is 14.7 Å². The molecule has 1 N–H and O–H groups in total. The van der Waals surface area contributed by atoms with Crippen molar-refractivity contribution in [2.75, 3.05) is 0 Å². The van der Waals surface area contributed by atoms with Gasteiger partial charge in [0.05, 0.1) is 18.2 Å². The molecule has 1 atom stereocenters. The monoisotopic (exact) mass is 272 g/mol. The van der Waals surface area contributed by atoms with Crippen LogP contribution in [0.1, 0.15) is 63.6 Å². The first kappa shape index (κ1) is 14.8. The molecular weight excluding hydrogens is 248 g/mol. The molecule has 0 saturated heterocycles. The molecule has 3 heteroatoms. The molecule has 0 radical (unpaired) electrons. The Morgan fingerprint density at radius 2 is 1.70 bits per heavy atom. The van der Waals surface area contributed by atoms with Gasteiger partial charge in [0.25, 0.3) is 0 Å². The van der Waals surface area contributed by atoms with Gasteiger partial charge in [0.1, 0.15) is 6.10 Å². The van der Waals surface area contributed by atoms with Crippen molar-refractivity contribution in [2.45, 2.75) is 52.2 Å². The average Bonchev–Trinajstić information content (AvgIpc) is 2.86. The number of hydrogen-bond donors (Lipinski definition) is 1. The maximum absolute atomic E-state index is 10.5. The van der Waals surface area contributed by atoms with E-state index < -0.39 is 6.10 Å². The molecule has 0 aliphatic carbocycles. The Kier molecular flexibility index (Phi) is 4.00. The van der Waals surface area contributed by atoms with Crippen molar-refractivity contribution >= 4 is 0 Å². The predicted molar refractivity (Wildman–Crippen MR) is 81.8 cm³/mol. The molecule has 0 saturated carbocycles. The van der Waals surface area contributed by atoms with Gasteiger partial charge in [0.2, 0.25) is 0 Å². The summed E-state index contributed by atoms with van der Waals surface area (Å²) in [7, 11) is 0. The molecule has 3 nitrogen and oxygen atoms in total. The van der Waals surface area contributed by atoms with Gasteiger partial charge in [-0.3, -0.25) is 0 Å². The Morgan fingerprint density at radius 3 is 2.20 bits per heavy atom. The summed E-state index contributed by atoms with van der Waals surface area (Å²) in [6.07, 6.45) is 2.88. The number of aromatic nitrogens is 2. The van der Waals surface area contributed by atoms with E-state index in [4.69, 9.17) is 0 Å². The summed E-state index contributed by atoms with van der Waals surface area (Å²) in [5, 5.41) is 10.5. The highest BCUT2D eigenvalue weighted by Crippen LogP contribution is 2.27. The summed E-state index contributed by atoms with van der Waals surface area (Å²) < 4.78 is 2.00. The van der Waals surface area contributed by atoms with Gasteiger partial charge in [-0.2, -0.15) is 0 Å². The zero-order valence-corrected chi connectivity index (χ0v) is 13.0. The van der Waals surface area contributed by atoms with Crippen LogP contribution in [-0.2, 0) is 5.41 Å². The minimum absolute atomic E-state index is 0.128. The molecular formula is C17H24N2O. The summed E-state index contributed by atoms with van der Waals surface area (Å²) >= 11 is 0. The van der Waals surface area contributed by atoms with Gasteiger partial charge in [0, 0.05) is 6.04 Å². The number of aliphatic hydroxyl groups is 1. The fraction of sp³-hybridized carbons (Fsp3) is 0.471. The van der Waals surface area contributed by atoms with Crippen LogP contribution in [0.25, 0.3) is 0 Å². The van der Waals surface area contributed by atoms with E-state index in [0.29, 0.717) is 0 Å². The van der Waals surface area contributed by atoms with Crippen LogP contribution in [0.2, 0.25) is 0 Å². The second-order valence-electron chi connectivity index (χ2n) is 6.59. The molecule has 1 unspecified atom stereocenters. The first-order valence-electron chi connectivity index (χ1n) is 7.11. The first-order valence-corrected chi connectivity index (χ1v) is 7.11. The highest BCUT2D eigenvalue weighted by Gasteiger charge is 2.18. The summed E-state index contributed by atoms with van der Waals surface area (Å²) in [4.78, 5) is 4.15. The maximum Gasteiger partial charge on any atom is 0.121 e. The molecule has 1 aromatic carbocycles. The van der Waals surface area contributed by atoms with E-state index >= 15 is 0 Å². The van der Waals surface area contributed by atoms with Crippen LogP contribution in [0.4, 0.5) is 0 Å². The van der Waals surface area contributed by atoms with Gasteiger partial charge in [-0.15, -0.1) is 0 Å². The molecule has 20 heavy (non-hydrogen) atoms. The van der Waals surface area contributed by atoms with E-state index in [-0.39, 0.29) is 11.5 Å². The number of imidazole rings is 1. The van der Waals surface area contributed by atoms with Crippen molar-refractivity contribution in [1.29, 1.82) is 0 Å². The van der Waals surface area contributed by atoms with E-state index in [1.54, 1.807) is 12.5 Å². The molecule has 1 heterocycles. The third-order valence-corrected chi connectivity index (χ3v) is 3.62. The number of benzene rings is 1. The lowest BCUT2D eigenvalue weighted by Gasteiger charge is -2.21. The maximum atomic E-state index is 10.5. The van der Waals surface area contributed by atoms with E-state index in [1.807, 2.05) is 16.7 Å². The highest BCUT2D eigenvalue weighted by atomic mass is 16.3. The lowest BCUT2D eigenvalue weighted by molar-refractivity contribution is 0.208. The summed E-state index contributed by atoms with van der Waals surface area (Å²) in [5.74, 6) is 0. The summed E-state index contributed by atoms with van der Waals surface area (Å²) in [6.45, 7) is 10.7. The van der Waals surface area contributed by atoms with Crippen LogP contribution in [0, 0.1) is 0 Å². The average molecular weight is 272 g/mol. The van der Waals surface area contributed by atoms with E-state index in [9.17, 15) is 5.11 Å². The fourth-order valence-corrected chi connectivity index (χ4v) is 2.29. The van der Waals surface area contributed by atoms with E-state index in [1.165, 1.54) is 5.56 Å². The standard InChI is InChI=1S/C17H24N2O/c1-12(2)19-11-18-10-15(19)16(20)13-6-8-14(9-7-13)17(3,4)5/h6-12,16,20H,1-5H3. The van der Waals surface area contributed by atoms with Gasteiger partial charge in [-0.05, 0) is 30.4 Å². The van der Waals surface area contributed by atoms with Crippen LogP contribution in [0.5, 0.6) is 0 Å². The Balaban J connectivity index is 2.29. The van der Waals surface area contributed by atoms with Crippen molar-refractivity contribution in [3.63, 3.8) is 0 Å². The third kappa shape index (κ3) is 2.93. The van der Waals surface area contributed by atoms with Gasteiger partial charge >= 0.3 is 0 Å². The van der Waals surface area contributed by atoms with Crippen LogP contribution in [0.15, 0.2) is 36.8 Å². The van der Waals surface area contributed by atoms with Gasteiger partial charge in [-0.1, -0.05) is 45.0 Å². The smallest absolute Gasteiger partial charge is 0.121 e. The summed E-state index contributed by atoms with van der Waals surface area (Å²) in [5.41, 5.74) is 3.14. The zero-order chi connectivity index (χ0) is 14.9. The van der Waals surface area contributed by atoms with Gasteiger partial charge < -0.3 is 9.67 Å². The lowest BCUT2D eigenvalue weighted by Crippen LogP contribution is -2.12. The van der Waals surface area contributed by atoms with E-state index in [2.05, 4.69) is 51.7 Å². The van der Waals surface area contributed by atoms with Gasteiger partial charge in [0.15, 0.2) is 0 Å². The zero-order valence-electron chi connectivity index (χ0n) is 13.0. The normalized spacial score (nSPS) is 13.8. The molecule has 0 aliphatic rings. The Bertz CT molecular complexity index is 561. The molecule has 2 rings (SSSR count). The largest absolute Gasteiger partial charge is 0.382 e. The molecule has 0 bridgehead atoms. The Labute approximate surface area is 121 Å².